The van der Waals surface area contributed by atoms with Gasteiger partial charge in [-0.1, -0.05) is 19.1 Å². The molecule has 1 aromatic carbocycles. The number of anilines is 1. The lowest BCUT2D eigenvalue weighted by Gasteiger charge is -2.12. The normalized spacial score (nSPS) is 12.1. The molecule has 7 heteroatoms. The smallest absolute Gasteiger partial charge is 0.241 e. The highest BCUT2D eigenvalue weighted by Gasteiger charge is 2.13. The number of hydrogen-bond acceptors (Lipinski definition) is 5. The second-order valence-electron chi connectivity index (χ2n) is 3.78. The van der Waals surface area contributed by atoms with Crippen molar-refractivity contribution in [3.63, 3.8) is 0 Å². The van der Waals surface area contributed by atoms with Crippen LogP contribution in [0.5, 0.6) is 0 Å². The molecule has 0 saturated carbocycles. The summed E-state index contributed by atoms with van der Waals surface area (Å²) in [5, 5.41) is 13.7. The van der Waals surface area contributed by atoms with E-state index < -0.39 is 6.04 Å². The number of nitrogens with one attached hydrogen (secondary N) is 1. The molecule has 3 N–H and O–H groups in total. The van der Waals surface area contributed by atoms with Crippen molar-refractivity contribution in [2.75, 3.05) is 5.32 Å². The zero-order chi connectivity index (χ0) is 13.0. The zero-order valence-corrected chi connectivity index (χ0v) is 9.95. The van der Waals surface area contributed by atoms with Crippen LogP contribution in [0, 0.1) is 0 Å². The number of carbonyl (C=O) groups excluding carboxylic acids is 1. The fraction of sp³-hybridized carbons (Fsp3) is 0.273. The van der Waals surface area contributed by atoms with Crippen molar-refractivity contribution in [1.82, 2.24) is 20.2 Å². The first-order valence-corrected chi connectivity index (χ1v) is 5.61. The molecule has 0 spiro atoms. The lowest BCUT2D eigenvalue weighted by Crippen LogP contribution is -2.35. The Morgan fingerprint density at radius 1 is 1.50 bits per heavy atom. The molecule has 0 aliphatic heterocycles. The summed E-state index contributed by atoms with van der Waals surface area (Å²) in [6.45, 7) is 1.86. The number of hydrogen-bond donors (Lipinski definition) is 2. The van der Waals surface area contributed by atoms with E-state index >= 15 is 0 Å². The Morgan fingerprint density at radius 3 is 2.94 bits per heavy atom. The number of nitrogens with two attached hydrogens (primary N) is 1. The van der Waals surface area contributed by atoms with Crippen molar-refractivity contribution in [2.24, 2.45) is 5.73 Å². The third-order valence-corrected chi connectivity index (χ3v) is 2.53. The van der Waals surface area contributed by atoms with Crippen LogP contribution in [0.1, 0.15) is 13.3 Å². The van der Waals surface area contributed by atoms with Crippen molar-refractivity contribution >= 4 is 11.6 Å². The van der Waals surface area contributed by atoms with Crippen LogP contribution in [0.3, 0.4) is 0 Å². The second-order valence-corrected chi connectivity index (χ2v) is 3.78. The minimum Gasteiger partial charge on any atom is -0.323 e. The Kier molecular flexibility index (Phi) is 3.63. The number of benzene rings is 1. The van der Waals surface area contributed by atoms with Crippen LogP contribution in [0.25, 0.3) is 5.69 Å². The lowest BCUT2D eigenvalue weighted by atomic mass is 10.2. The lowest BCUT2D eigenvalue weighted by molar-refractivity contribution is -0.117. The molecule has 0 radical (unpaired) electrons. The molecule has 1 unspecified atom stereocenters. The number of nitrogens with zero attached hydrogens (tertiary/aromatic N) is 4. The minimum atomic E-state index is -0.521. The molecule has 1 amide bonds. The Bertz CT molecular complexity index is 524. The van der Waals surface area contributed by atoms with Gasteiger partial charge in [0.2, 0.25) is 5.91 Å². The van der Waals surface area contributed by atoms with Crippen LogP contribution in [-0.2, 0) is 4.79 Å². The molecule has 18 heavy (non-hydrogen) atoms. The van der Waals surface area contributed by atoms with Gasteiger partial charge in [0.15, 0.2) is 0 Å². The zero-order valence-electron chi connectivity index (χ0n) is 9.95. The first kappa shape index (κ1) is 12.2. The SMILES string of the molecule is CCC(N)C(=O)Nc1ccccc1-n1cnnn1. The van der Waals surface area contributed by atoms with Gasteiger partial charge in [0.25, 0.3) is 0 Å². The van der Waals surface area contributed by atoms with Gasteiger partial charge in [-0.05, 0) is 29.0 Å². The first-order chi connectivity index (χ1) is 8.72. The monoisotopic (exact) mass is 246 g/mol. The van der Waals surface area contributed by atoms with Crippen molar-refractivity contribution in [1.29, 1.82) is 0 Å². The average molecular weight is 246 g/mol. The highest BCUT2D eigenvalue weighted by atomic mass is 16.2. The van der Waals surface area contributed by atoms with Crippen LogP contribution in [-0.4, -0.2) is 32.2 Å². The molecule has 1 heterocycles. The Labute approximate surface area is 104 Å². The number of tetrazole rings is 1. The van der Waals surface area contributed by atoms with Crippen molar-refractivity contribution < 1.29 is 4.79 Å². The van der Waals surface area contributed by atoms with Crippen LogP contribution in [0.4, 0.5) is 5.69 Å². The van der Waals surface area contributed by atoms with Crippen LogP contribution in [0.2, 0.25) is 0 Å². The second kappa shape index (κ2) is 5.37. The van der Waals surface area contributed by atoms with Crippen molar-refractivity contribution in [2.45, 2.75) is 19.4 Å². The molecular weight excluding hydrogens is 232 g/mol. The summed E-state index contributed by atoms with van der Waals surface area (Å²) in [5.41, 5.74) is 6.99. The number of carbonyl (C=O) groups is 1. The average Bonchev–Trinajstić information content (AvgIpc) is 2.92. The van der Waals surface area contributed by atoms with Gasteiger partial charge in [-0.3, -0.25) is 4.79 Å². The summed E-state index contributed by atoms with van der Waals surface area (Å²) >= 11 is 0. The quantitative estimate of drug-likeness (QED) is 0.810. The van der Waals surface area contributed by atoms with E-state index in [1.807, 2.05) is 25.1 Å². The maximum atomic E-state index is 11.8. The molecule has 94 valence electrons. The molecule has 2 aromatic rings. The van der Waals surface area contributed by atoms with Gasteiger partial charge in [-0.2, -0.15) is 4.68 Å². The molecule has 0 aliphatic carbocycles. The summed E-state index contributed by atoms with van der Waals surface area (Å²) in [4.78, 5) is 11.8. The molecule has 7 nitrogen and oxygen atoms in total. The third kappa shape index (κ3) is 2.51. The first-order valence-electron chi connectivity index (χ1n) is 5.61. The van der Waals surface area contributed by atoms with Crippen LogP contribution in [0.15, 0.2) is 30.6 Å². The van der Waals surface area contributed by atoms with E-state index in [0.717, 1.165) is 0 Å². The summed E-state index contributed by atoms with van der Waals surface area (Å²) in [7, 11) is 0. The summed E-state index contributed by atoms with van der Waals surface area (Å²) < 4.78 is 1.48. The summed E-state index contributed by atoms with van der Waals surface area (Å²) in [6, 6.07) is 6.72. The predicted octanol–water partition coefficient (Wildman–Crippen LogP) is 0.338. The number of rotatable bonds is 4. The highest BCUT2D eigenvalue weighted by Crippen LogP contribution is 2.18. The van der Waals surface area contributed by atoms with E-state index in [1.54, 1.807) is 6.07 Å². The molecule has 0 bridgehead atoms. The van der Waals surface area contributed by atoms with Gasteiger partial charge in [0.1, 0.15) is 6.33 Å². The number of aromatic nitrogens is 4. The van der Waals surface area contributed by atoms with E-state index in [4.69, 9.17) is 5.73 Å². The van der Waals surface area contributed by atoms with Gasteiger partial charge in [-0.15, -0.1) is 5.10 Å². The fourth-order valence-corrected chi connectivity index (χ4v) is 1.46. The van der Waals surface area contributed by atoms with E-state index in [0.29, 0.717) is 17.8 Å². The van der Waals surface area contributed by atoms with Gasteiger partial charge < -0.3 is 11.1 Å². The van der Waals surface area contributed by atoms with Gasteiger partial charge in [0.05, 0.1) is 17.4 Å². The Morgan fingerprint density at radius 2 is 2.28 bits per heavy atom. The Hall–Kier alpha value is -2.28. The third-order valence-electron chi connectivity index (χ3n) is 2.53. The standard InChI is InChI=1S/C11H14N6O/c1-2-8(12)11(18)14-9-5-3-4-6-10(9)17-7-13-15-16-17/h3-8H,2,12H2,1H3,(H,14,18). The van der Waals surface area contributed by atoms with Gasteiger partial charge in [-0.25, -0.2) is 0 Å². The van der Waals surface area contributed by atoms with Crippen LogP contribution < -0.4 is 11.1 Å². The van der Waals surface area contributed by atoms with Gasteiger partial charge in [0, 0.05) is 0 Å². The summed E-state index contributed by atoms with van der Waals surface area (Å²) in [6.07, 6.45) is 2.05. The van der Waals surface area contributed by atoms with E-state index in [9.17, 15) is 4.79 Å². The molecule has 1 atom stereocenters. The highest BCUT2D eigenvalue weighted by molar-refractivity contribution is 5.96. The van der Waals surface area contributed by atoms with E-state index in [1.165, 1.54) is 11.0 Å². The van der Waals surface area contributed by atoms with Gasteiger partial charge >= 0.3 is 0 Å². The molecule has 0 saturated heterocycles. The van der Waals surface area contributed by atoms with E-state index in [-0.39, 0.29) is 5.91 Å². The molecule has 0 fully saturated rings. The maximum Gasteiger partial charge on any atom is 0.241 e. The fourth-order valence-electron chi connectivity index (χ4n) is 1.46. The predicted molar refractivity (Wildman–Crippen MR) is 66.1 cm³/mol. The minimum absolute atomic E-state index is 0.224. The Balaban J connectivity index is 2.26. The van der Waals surface area contributed by atoms with Crippen LogP contribution >= 0.6 is 0 Å². The summed E-state index contributed by atoms with van der Waals surface area (Å²) in [5.74, 6) is -0.224. The topological polar surface area (TPSA) is 98.7 Å². The molecule has 1 aromatic heterocycles. The number of amides is 1. The number of para-hydroxylation sites is 2. The van der Waals surface area contributed by atoms with Crippen molar-refractivity contribution in [3.05, 3.63) is 30.6 Å². The van der Waals surface area contributed by atoms with Crippen molar-refractivity contribution in [3.8, 4) is 5.69 Å². The largest absolute Gasteiger partial charge is 0.323 e. The molecule has 0 aliphatic rings. The van der Waals surface area contributed by atoms with E-state index in [2.05, 4.69) is 20.8 Å². The molecular formula is C11H14N6O. The maximum absolute atomic E-state index is 11.8. The molecule has 2 rings (SSSR count).